The normalized spacial score (nSPS) is 18.9. The van der Waals surface area contributed by atoms with Gasteiger partial charge in [-0.1, -0.05) is 46.2 Å². The summed E-state index contributed by atoms with van der Waals surface area (Å²) in [5.41, 5.74) is 12.0. The molecule has 8 atom stereocenters. The molecule has 0 aliphatic carbocycles. The molecule has 13 N–H and O–H groups in total. The van der Waals surface area contributed by atoms with Crippen LogP contribution in [0.5, 0.6) is 5.75 Å². The molecule has 70 heavy (non-hydrogen) atoms. The lowest BCUT2D eigenvalue weighted by atomic mass is 9.97. The van der Waals surface area contributed by atoms with E-state index in [1.807, 2.05) is 6.92 Å². The Kier molecular flexibility index (Phi) is 20.8. The van der Waals surface area contributed by atoms with Crippen LogP contribution < -0.4 is 43.4 Å². The van der Waals surface area contributed by atoms with Crippen molar-refractivity contribution >= 4 is 65.0 Å². The number of nitrogens with zero attached hydrogens (tertiary/aromatic N) is 4. The lowest BCUT2D eigenvalue weighted by molar-refractivity contribution is -0.146. The molecule has 0 bridgehead atoms. The van der Waals surface area contributed by atoms with Gasteiger partial charge in [0, 0.05) is 42.6 Å². The monoisotopic (exact) mass is 998 g/mol. The topological polar surface area (TPSA) is 349 Å². The van der Waals surface area contributed by atoms with E-state index in [4.69, 9.17) is 11.5 Å². The summed E-state index contributed by atoms with van der Waals surface area (Å²) in [6.45, 7) is 10.8. The van der Waals surface area contributed by atoms with E-state index in [9.17, 15) is 48.6 Å². The Labute approximate surface area is 412 Å². The molecule has 2 aliphatic rings. The van der Waals surface area contributed by atoms with Gasteiger partial charge in [0.2, 0.25) is 41.4 Å². The smallest absolute Gasteiger partial charge is 0.326 e. The number of nitrogens with two attached hydrogens (primary N) is 2. The molecule has 3 heterocycles. The Morgan fingerprint density at radius 3 is 2.16 bits per heavy atom. The van der Waals surface area contributed by atoms with E-state index in [0.29, 0.717) is 30.5 Å². The first-order valence-electron chi connectivity index (χ1n) is 23.5. The Morgan fingerprint density at radius 1 is 0.886 bits per heavy atom. The molecule has 4 rings (SSSR count). The minimum atomic E-state index is -1.32. The maximum absolute atomic E-state index is 15.0. The van der Waals surface area contributed by atoms with Crippen LogP contribution in [0.4, 0.5) is 0 Å². The second kappa shape index (κ2) is 26.0. The van der Waals surface area contributed by atoms with Crippen molar-refractivity contribution < 1.29 is 48.6 Å². The molecule has 7 amide bonds. The summed E-state index contributed by atoms with van der Waals surface area (Å²) in [5.74, 6) is -6.63. The van der Waals surface area contributed by atoms with Crippen molar-refractivity contribution in [3.8, 4) is 5.75 Å². The number of aromatic hydroxyl groups is 1. The molecule has 0 radical (unpaired) electrons. The van der Waals surface area contributed by atoms with Crippen molar-refractivity contribution in [1.82, 2.24) is 51.7 Å². The Morgan fingerprint density at radius 2 is 1.56 bits per heavy atom. The fourth-order valence-electron chi connectivity index (χ4n) is 8.41. The van der Waals surface area contributed by atoms with Crippen molar-refractivity contribution in [3.63, 3.8) is 0 Å². The number of carboxylic acids is 1. The Hall–Kier alpha value is -6.43. The molecule has 2 aliphatic heterocycles. The second-order valence-electron chi connectivity index (χ2n) is 18.6. The van der Waals surface area contributed by atoms with Crippen LogP contribution >= 0.6 is 11.8 Å². The first-order chi connectivity index (χ1) is 33.1. The number of guanidine groups is 1. The van der Waals surface area contributed by atoms with Crippen LogP contribution in [0.15, 0.2) is 41.8 Å². The summed E-state index contributed by atoms with van der Waals surface area (Å²) in [6, 6.07) is -2.20. The second-order valence-corrected chi connectivity index (χ2v) is 20.2. The van der Waals surface area contributed by atoms with Crippen molar-refractivity contribution in [2.75, 3.05) is 32.6 Å². The van der Waals surface area contributed by atoms with Gasteiger partial charge < -0.3 is 68.4 Å². The molecular weight excluding hydrogens is 927 g/mol. The largest absolute Gasteiger partial charge is 0.508 e. The number of likely N-dealkylation sites (tertiary alicyclic amines) is 1. The minimum absolute atomic E-state index is 0.0124. The van der Waals surface area contributed by atoms with E-state index < -0.39 is 100 Å². The number of phenolic OH excluding ortho intramolecular Hbond substituents is 1. The zero-order chi connectivity index (χ0) is 51.9. The lowest BCUT2D eigenvalue weighted by Crippen LogP contribution is -2.62. The molecule has 2 saturated heterocycles. The number of hydrogen-bond donors (Lipinski definition) is 11. The molecule has 0 spiro atoms. The number of phenols is 1. The Bertz CT molecular complexity index is 2170. The molecule has 1 aromatic heterocycles. The zero-order valence-electron chi connectivity index (χ0n) is 41.0. The number of aliphatic carboxylic acids is 1. The fraction of sp³-hybridized carbons (Fsp3) is 0.609. The summed E-state index contributed by atoms with van der Waals surface area (Å²) < 4.78 is -0.936. The SMILES string of the molecule is CC[C@H](C)[C@H](NC(=O)[C@@H]1CCCN1C(=O)[C@H](Cc1cnc[nH]1)NC(=O)[C@@H]1N(C(=O)[C@H](Cc2ccc(O)cc2)NC(=O)[C@@H](NC(=O)[C@H](CCCN=C(N)N)NC(=O)CNC)C(C)C)CSC1(C)C)C(=O)O. The third-order valence-electron chi connectivity index (χ3n) is 12.5. The van der Waals surface area contributed by atoms with Gasteiger partial charge in [-0.05, 0) is 76.1 Å². The van der Waals surface area contributed by atoms with E-state index in [2.05, 4.69) is 46.9 Å². The van der Waals surface area contributed by atoms with Crippen molar-refractivity contribution in [2.24, 2.45) is 28.3 Å². The number of carbonyl (C=O) groups is 8. The molecule has 0 saturated carbocycles. The van der Waals surface area contributed by atoms with E-state index in [0.717, 1.165) is 0 Å². The number of rotatable bonds is 25. The third-order valence-corrected chi connectivity index (χ3v) is 13.8. The number of aliphatic imine (C=N–C) groups is 1. The van der Waals surface area contributed by atoms with E-state index in [1.165, 1.54) is 46.2 Å². The van der Waals surface area contributed by atoms with E-state index in [1.54, 1.807) is 53.8 Å². The third kappa shape index (κ3) is 15.5. The van der Waals surface area contributed by atoms with Gasteiger partial charge in [0.25, 0.3) is 0 Å². The van der Waals surface area contributed by atoms with Crippen LogP contribution in [0.1, 0.15) is 84.9 Å². The first-order valence-corrected chi connectivity index (χ1v) is 24.5. The van der Waals surface area contributed by atoms with Crippen LogP contribution in [0.3, 0.4) is 0 Å². The number of aromatic nitrogens is 2. The van der Waals surface area contributed by atoms with Gasteiger partial charge >= 0.3 is 5.97 Å². The number of amides is 7. The molecular formula is C46H71N13O10S. The number of hydrogen-bond acceptors (Lipinski definition) is 13. The van der Waals surface area contributed by atoms with Crippen LogP contribution in [-0.2, 0) is 51.2 Å². The number of thioether (sulfide) groups is 1. The van der Waals surface area contributed by atoms with Gasteiger partial charge in [-0.15, -0.1) is 11.8 Å². The summed E-state index contributed by atoms with van der Waals surface area (Å²) >= 11 is 1.31. The average molecular weight is 998 g/mol. The predicted octanol–water partition coefficient (Wildman–Crippen LogP) is -0.945. The standard InChI is InChI=1S/C46H71N13O10S/c1-8-26(4)36(44(68)69)57-39(63)33-12-10-18-58(33)42(66)32(20-28-21-50-23-52-28)55-41(65)37-46(5,6)70-24-59(37)43(67)31(19-27-13-15-29(60)16-14-27)54-40(64)35(25(2)3)56-38(62)30(53-34(61)22-49-7)11-9-17-51-45(47)48/h13-16,21,23,25-26,30-33,35-37,49,60H,8-12,17-20,22,24H2,1-7H3,(H,50,52)(H,53,61)(H,54,64)(H,55,65)(H,56,62)(H,57,63)(H,68,69)(H4,47,48,51)/t26-,30-,31-,32-,33-,35-,36-,37-/m0/s1. The number of benzene rings is 1. The zero-order valence-corrected chi connectivity index (χ0v) is 41.8. The lowest BCUT2D eigenvalue weighted by Gasteiger charge is -2.35. The highest BCUT2D eigenvalue weighted by atomic mass is 32.2. The van der Waals surface area contributed by atoms with Gasteiger partial charge in [-0.3, -0.25) is 38.6 Å². The van der Waals surface area contributed by atoms with Crippen molar-refractivity contribution in [3.05, 3.63) is 48.0 Å². The number of imidazole rings is 1. The minimum Gasteiger partial charge on any atom is -0.508 e. The summed E-state index contributed by atoms with van der Waals surface area (Å²) in [5, 5.41) is 36.4. The van der Waals surface area contributed by atoms with Gasteiger partial charge in [-0.25, -0.2) is 9.78 Å². The number of carboxylic acid groups (broad SMARTS) is 1. The molecule has 2 aromatic rings. The van der Waals surface area contributed by atoms with Crippen molar-refractivity contribution in [1.29, 1.82) is 0 Å². The van der Waals surface area contributed by atoms with Crippen LogP contribution in [0.2, 0.25) is 0 Å². The maximum Gasteiger partial charge on any atom is 0.326 e. The van der Waals surface area contributed by atoms with Gasteiger partial charge in [0.1, 0.15) is 48.0 Å². The van der Waals surface area contributed by atoms with Crippen LogP contribution in [-0.4, -0.2) is 163 Å². The quantitative estimate of drug-likeness (QED) is 0.0325. The number of likely N-dealkylation sites (N-methyl/N-ethyl adjacent to an activating group) is 1. The molecule has 2 fully saturated rings. The highest BCUT2D eigenvalue weighted by Gasteiger charge is 2.51. The summed E-state index contributed by atoms with van der Waals surface area (Å²) in [4.78, 5) is 124. The van der Waals surface area contributed by atoms with Crippen LogP contribution in [0, 0.1) is 11.8 Å². The molecule has 386 valence electrons. The van der Waals surface area contributed by atoms with Crippen molar-refractivity contribution in [2.45, 2.75) is 134 Å². The summed E-state index contributed by atoms with van der Waals surface area (Å²) in [6.07, 6.45) is 4.42. The molecule has 1 aromatic carbocycles. The molecule has 24 heteroatoms. The first kappa shape index (κ1) is 56.2. The highest BCUT2D eigenvalue weighted by molar-refractivity contribution is 8.00. The number of carbonyl (C=O) groups excluding carboxylic acids is 7. The van der Waals surface area contributed by atoms with E-state index >= 15 is 0 Å². The average Bonchev–Trinajstić information content (AvgIpc) is 4.08. The fourth-order valence-corrected chi connectivity index (χ4v) is 9.55. The summed E-state index contributed by atoms with van der Waals surface area (Å²) in [7, 11) is 1.57. The number of aromatic amines is 1. The maximum atomic E-state index is 15.0. The predicted molar refractivity (Wildman–Crippen MR) is 261 cm³/mol. The highest BCUT2D eigenvalue weighted by Crippen LogP contribution is 2.40. The van der Waals surface area contributed by atoms with E-state index in [-0.39, 0.29) is 68.8 Å². The van der Waals surface area contributed by atoms with Gasteiger partial charge in [0.05, 0.1) is 18.7 Å². The number of nitrogens with one attached hydrogen (secondary N) is 7. The molecule has 23 nitrogen and oxygen atoms in total. The Balaban J connectivity index is 1.63. The number of H-pyrrole nitrogens is 1. The molecule has 0 unspecified atom stereocenters. The van der Waals surface area contributed by atoms with Gasteiger partial charge in [-0.2, -0.15) is 0 Å². The van der Waals surface area contributed by atoms with Gasteiger partial charge in [0.15, 0.2) is 5.96 Å². The van der Waals surface area contributed by atoms with Crippen LogP contribution in [0.25, 0.3) is 0 Å².